The summed E-state index contributed by atoms with van der Waals surface area (Å²) in [4.78, 5) is 17.1. The van der Waals surface area contributed by atoms with Gasteiger partial charge in [0.1, 0.15) is 5.41 Å². The van der Waals surface area contributed by atoms with Crippen molar-refractivity contribution in [2.75, 3.05) is 45.9 Å². The fraction of sp³-hybridized carbons (Fsp3) is 0.857. The highest BCUT2D eigenvalue weighted by molar-refractivity contribution is 6.06. The first kappa shape index (κ1) is 16.0. The maximum absolute atomic E-state index is 12.9. The molecule has 7 nitrogen and oxygen atoms in total. The second-order valence-corrected chi connectivity index (χ2v) is 5.81. The number of amidine groups is 1. The molecule has 0 atom stereocenters. The zero-order valence-corrected chi connectivity index (χ0v) is 12.8. The van der Waals surface area contributed by atoms with Gasteiger partial charge < -0.3 is 20.6 Å². The minimum atomic E-state index is -0.889. The molecule has 21 heavy (non-hydrogen) atoms. The van der Waals surface area contributed by atoms with Gasteiger partial charge in [-0.05, 0) is 25.8 Å². The van der Waals surface area contributed by atoms with E-state index in [-0.39, 0.29) is 11.7 Å². The molecule has 0 aromatic carbocycles. The van der Waals surface area contributed by atoms with Crippen LogP contribution in [0.15, 0.2) is 5.16 Å². The number of carbonyl (C=O) groups is 1. The van der Waals surface area contributed by atoms with Gasteiger partial charge >= 0.3 is 0 Å². The Morgan fingerprint density at radius 2 is 1.90 bits per heavy atom. The molecule has 120 valence electrons. The highest BCUT2D eigenvalue weighted by Crippen LogP contribution is 2.33. The molecular weight excluding hydrogens is 272 g/mol. The third kappa shape index (κ3) is 3.29. The van der Waals surface area contributed by atoms with Crippen LogP contribution in [0.3, 0.4) is 0 Å². The summed E-state index contributed by atoms with van der Waals surface area (Å²) in [7, 11) is 0. The lowest BCUT2D eigenvalue weighted by atomic mass is 9.77. The van der Waals surface area contributed by atoms with E-state index in [0.29, 0.717) is 39.1 Å². The Morgan fingerprint density at radius 1 is 1.29 bits per heavy atom. The smallest absolute Gasteiger partial charge is 0.236 e. The minimum Gasteiger partial charge on any atom is -0.409 e. The van der Waals surface area contributed by atoms with Gasteiger partial charge in [0.2, 0.25) is 5.91 Å². The number of nitrogens with zero attached hydrogens (tertiary/aromatic N) is 3. The number of carbonyl (C=O) groups excluding carboxylic acids is 1. The fourth-order valence-corrected chi connectivity index (χ4v) is 3.19. The van der Waals surface area contributed by atoms with Crippen LogP contribution in [0.5, 0.6) is 0 Å². The van der Waals surface area contributed by atoms with Crippen molar-refractivity contribution < 1.29 is 14.7 Å². The van der Waals surface area contributed by atoms with Crippen LogP contribution in [-0.4, -0.2) is 72.7 Å². The molecule has 0 aromatic rings. The van der Waals surface area contributed by atoms with Gasteiger partial charge in [-0.25, -0.2) is 0 Å². The number of nitrogens with two attached hydrogens (primary N) is 1. The van der Waals surface area contributed by atoms with E-state index < -0.39 is 5.41 Å². The zero-order valence-electron chi connectivity index (χ0n) is 12.8. The van der Waals surface area contributed by atoms with Crippen LogP contribution in [0, 0.1) is 5.41 Å². The average Bonchev–Trinajstić information content (AvgIpc) is 2.55. The average molecular weight is 298 g/mol. The Morgan fingerprint density at radius 3 is 2.43 bits per heavy atom. The second-order valence-electron chi connectivity index (χ2n) is 5.81. The lowest BCUT2D eigenvalue weighted by Crippen LogP contribution is -2.58. The van der Waals surface area contributed by atoms with Crippen LogP contribution in [-0.2, 0) is 9.53 Å². The molecule has 2 rings (SSSR count). The zero-order chi connectivity index (χ0) is 15.3. The molecule has 0 unspecified atom stereocenters. The summed E-state index contributed by atoms with van der Waals surface area (Å²) in [6.07, 6.45) is 2.09. The van der Waals surface area contributed by atoms with Crippen LogP contribution < -0.4 is 5.73 Å². The van der Waals surface area contributed by atoms with Gasteiger partial charge in [0.15, 0.2) is 5.84 Å². The van der Waals surface area contributed by atoms with E-state index >= 15 is 0 Å². The Hall–Kier alpha value is -1.34. The number of rotatable bonds is 4. The highest BCUT2D eigenvalue weighted by Gasteiger charge is 2.47. The first-order valence-corrected chi connectivity index (χ1v) is 7.71. The molecule has 1 amide bonds. The summed E-state index contributed by atoms with van der Waals surface area (Å²) in [5.41, 5.74) is 4.96. The van der Waals surface area contributed by atoms with Crippen molar-refractivity contribution in [3.8, 4) is 0 Å². The van der Waals surface area contributed by atoms with Crippen molar-refractivity contribution in [2.24, 2.45) is 16.3 Å². The maximum atomic E-state index is 12.9. The topological polar surface area (TPSA) is 91.4 Å². The molecule has 2 fully saturated rings. The van der Waals surface area contributed by atoms with Gasteiger partial charge in [0.05, 0.1) is 0 Å². The number of hydrogen-bond acceptors (Lipinski definition) is 5. The summed E-state index contributed by atoms with van der Waals surface area (Å²) in [5, 5.41) is 12.2. The number of amides is 1. The van der Waals surface area contributed by atoms with Crippen LogP contribution in [0.1, 0.15) is 26.2 Å². The molecule has 0 bridgehead atoms. The maximum Gasteiger partial charge on any atom is 0.236 e. The van der Waals surface area contributed by atoms with Crippen molar-refractivity contribution in [3.05, 3.63) is 0 Å². The predicted octanol–water partition coefficient (Wildman–Crippen LogP) is 0.0838. The monoisotopic (exact) mass is 298 g/mol. The normalized spacial score (nSPS) is 24.0. The van der Waals surface area contributed by atoms with E-state index in [0.717, 1.165) is 26.1 Å². The van der Waals surface area contributed by atoms with Gasteiger partial charge in [0, 0.05) is 39.4 Å². The van der Waals surface area contributed by atoms with Crippen LogP contribution in [0.25, 0.3) is 0 Å². The first-order valence-electron chi connectivity index (χ1n) is 7.71. The highest BCUT2D eigenvalue weighted by atomic mass is 16.5. The SMILES string of the molecule is CCCN1CCN(C(=O)C2(C(N)=NO)CCOCC2)CC1. The molecule has 7 heteroatoms. The summed E-state index contributed by atoms with van der Waals surface area (Å²) in [5.74, 6) is 0.00374. The predicted molar refractivity (Wildman–Crippen MR) is 79.2 cm³/mol. The molecule has 0 spiro atoms. The van der Waals surface area contributed by atoms with Crippen molar-refractivity contribution >= 4 is 11.7 Å². The van der Waals surface area contributed by atoms with Gasteiger partial charge in [-0.3, -0.25) is 9.69 Å². The van der Waals surface area contributed by atoms with Gasteiger partial charge in [0.25, 0.3) is 0 Å². The van der Waals surface area contributed by atoms with Crippen LogP contribution in [0.4, 0.5) is 0 Å². The van der Waals surface area contributed by atoms with E-state index in [1.807, 2.05) is 4.90 Å². The Kier molecular flexibility index (Phi) is 5.41. The number of oxime groups is 1. The molecule has 2 aliphatic heterocycles. The molecule has 2 aliphatic rings. The third-order valence-corrected chi connectivity index (χ3v) is 4.55. The van der Waals surface area contributed by atoms with E-state index in [9.17, 15) is 4.79 Å². The van der Waals surface area contributed by atoms with Gasteiger partial charge in [-0.2, -0.15) is 0 Å². The molecule has 3 N–H and O–H groups in total. The van der Waals surface area contributed by atoms with Crippen LogP contribution >= 0.6 is 0 Å². The van der Waals surface area contributed by atoms with Gasteiger partial charge in [-0.1, -0.05) is 12.1 Å². The molecule has 0 aromatic heterocycles. The standard InChI is InChI=1S/C14H26N4O3/c1-2-5-17-6-8-18(9-7-17)13(19)14(12(15)16-20)3-10-21-11-4-14/h20H,2-11H2,1H3,(H2,15,16). The van der Waals surface area contributed by atoms with Crippen molar-refractivity contribution in [3.63, 3.8) is 0 Å². The summed E-state index contributed by atoms with van der Waals surface area (Å²) >= 11 is 0. The molecule has 2 heterocycles. The summed E-state index contributed by atoms with van der Waals surface area (Å²) < 4.78 is 5.33. The Balaban J connectivity index is 2.06. The lowest BCUT2D eigenvalue weighted by molar-refractivity contribution is -0.144. The summed E-state index contributed by atoms with van der Waals surface area (Å²) in [6.45, 7) is 7.37. The fourth-order valence-electron chi connectivity index (χ4n) is 3.19. The molecule has 2 saturated heterocycles. The second kappa shape index (κ2) is 7.09. The molecular formula is C14H26N4O3. The summed E-state index contributed by atoms with van der Waals surface area (Å²) in [6, 6.07) is 0. The molecule has 0 saturated carbocycles. The largest absolute Gasteiger partial charge is 0.409 e. The van der Waals surface area contributed by atoms with Crippen molar-refractivity contribution in [1.29, 1.82) is 0 Å². The number of ether oxygens (including phenoxy) is 1. The van der Waals surface area contributed by atoms with E-state index in [1.165, 1.54) is 0 Å². The Labute approximate surface area is 125 Å². The lowest BCUT2D eigenvalue weighted by Gasteiger charge is -2.42. The van der Waals surface area contributed by atoms with E-state index in [1.54, 1.807) is 0 Å². The third-order valence-electron chi connectivity index (χ3n) is 4.55. The molecule has 0 radical (unpaired) electrons. The number of hydrogen-bond donors (Lipinski definition) is 2. The van der Waals surface area contributed by atoms with Gasteiger partial charge in [-0.15, -0.1) is 0 Å². The Bertz CT molecular complexity index is 386. The minimum absolute atomic E-state index is 0.0164. The number of piperazine rings is 1. The quantitative estimate of drug-likeness (QED) is 0.332. The van der Waals surface area contributed by atoms with Crippen LogP contribution in [0.2, 0.25) is 0 Å². The van der Waals surface area contributed by atoms with Crippen molar-refractivity contribution in [2.45, 2.75) is 26.2 Å². The van der Waals surface area contributed by atoms with E-state index in [2.05, 4.69) is 17.0 Å². The first-order chi connectivity index (χ1) is 10.1. The molecule has 0 aliphatic carbocycles. The van der Waals surface area contributed by atoms with E-state index in [4.69, 9.17) is 15.7 Å². The van der Waals surface area contributed by atoms with Crippen molar-refractivity contribution in [1.82, 2.24) is 9.80 Å².